The number of aryl methyl sites for hydroxylation is 1. The molecular weight excluding hydrogens is 601 g/mol. The molecule has 1 N–H and O–H groups in total. The second kappa shape index (κ2) is 18.7. The van der Waals surface area contributed by atoms with E-state index in [2.05, 4.69) is 30.2 Å². The molecule has 0 saturated carbocycles. The number of carboxylic acid groups (broad SMARTS) is 1. The summed E-state index contributed by atoms with van der Waals surface area (Å²) in [5.41, 5.74) is 4.69. The molecule has 6 nitrogen and oxygen atoms in total. The van der Waals surface area contributed by atoms with Gasteiger partial charge >= 0.3 is 5.97 Å². The molecule has 1 saturated heterocycles. The van der Waals surface area contributed by atoms with Crippen molar-refractivity contribution in [3.63, 3.8) is 0 Å². The highest BCUT2D eigenvalue weighted by atomic mass is 35.5. The Morgan fingerprint density at radius 3 is 2.54 bits per heavy atom. The third-order valence-electron chi connectivity index (χ3n) is 8.66. The van der Waals surface area contributed by atoms with Gasteiger partial charge in [0.25, 0.3) is 0 Å². The molecule has 2 aromatic carbocycles. The lowest BCUT2D eigenvalue weighted by atomic mass is 9.93. The van der Waals surface area contributed by atoms with Gasteiger partial charge in [-0.05, 0) is 81.1 Å². The monoisotopic (exact) mass is 651 g/mol. The van der Waals surface area contributed by atoms with Gasteiger partial charge in [-0.2, -0.15) is 0 Å². The van der Waals surface area contributed by atoms with Crippen LogP contribution in [0.25, 0.3) is 0 Å². The smallest absolute Gasteiger partial charge is 0.335 e. The maximum atomic E-state index is 14.2. The zero-order chi connectivity index (χ0) is 33.6. The predicted molar refractivity (Wildman–Crippen MR) is 188 cm³/mol. The van der Waals surface area contributed by atoms with Gasteiger partial charge in [0, 0.05) is 52.7 Å². The first kappa shape index (κ1) is 37.0. The van der Waals surface area contributed by atoms with Crippen molar-refractivity contribution < 1.29 is 19.0 Å². The second-order valence-corrected chi connectivity index (χ2v) is 12.3. The van der Waals surface area contributed by atoms with E-state index in [1.54, 1.807) is 30.3 Å². The molecule has 4 rings (SSSR count). The van der Waals surface area contributed by atoms with Crippen LogP contribution >= 0.6 is 11.6 Å². The number of ether oxygens (including phenoxy) is 1. The Labute approximate surface area is 280 Å². The molecule has 8 heteroatoms. The lowest BCUT2D eigenvalue weighted by molar-refractivity contribution is 0.0697. The molecule has 0 aliphatic carbocycles. The van der Waals surface area contributed by atoms with Crippen molar-refractivity contribution in [2.24, 2.45) is 5.92 Å². The fraction of sp³-hybridized carbons (Fsp3) is 0.474. The number of halogens is 2. The molecule has 1 aliphatic rings. The Kier molecular flexibility index (Phi) is 15.0. The van der Waals surface area contributed by atoms with E-state index in [-0.39, 0.29) is 6.61 Å². The molecule has 1 fully saturated rings. The van der Waals surface area contributed by atoms with Crippen LogP contribution in [0, 0.1) is 18.7 Å². The molecule has 46 heavy (non-hydrogen) atoms. The van der Waals surface area contributed by atoms with Crippen LogP contribution < -0.4 is 9.64 Å². The summed E-state index contributed by atoms with van der Waals surface area (Å²) in [4.78, 5) is 21.3. The molecule has 0 spiro atoms. The average molecular weight is 652 g/mol. The van der Waals surface area contributed by atoms with Crippen molar-refractivity contribution in [1.29, 1.82) is 0 Å². The lowest BCUT2D eigenvalue weighted by Crippen LogP contribution is -2.39. The van der Waals surface area contributed by atoms with E-state index in [0.29, 0.717) is 33.9 Å². The largest absolute Gasteiger partial charge is 0.478 e. The zero-order valence-electron chi connectivity index (χ0n) is 28.2. The average Bonchev–Trinajstić information content (AvgIpc) is 3.06. The number of aromatic carboxylic acids is 1. The van der Waals surface area contributed by atoms with Crippen LogP contribution in [0.4, 0.5) is 10.1 Å². The third-order valence-corrected chi connectivity index (χ3v) is 8.90. The third kappa shape index (κ3) is 10.6. The number of nitrogens with zero attached hydrogens (tertiary/aromatic N) is 3. The molecule has 1 aromatic heterocycles. The van der Waals surface area contributed by atoms with Gasteiger partial charge in [0.1, 0.15) is 12.4 Å². The minimum Gasteiger partial charge on any atom is -0.478 e. The maximum Gasteiger partial charge on any atom is 0.335 e. The van der Waals surface area contributed by atoms with Crippen LogP contribution in [-0.4, -0.2) is 47.1 Å². The molecular formula is C38H51ClFN3O3. The fourth-order valence-electron chi connectivity index (χ4n) is 5.87. The summed E-state index contributed by atoms with van der Waals surface area (Å²) < 4.78 is 20.0. The second-order valence-electron chi connectivity index (χ2n) is 11.9. The molecule has 1 atom stereocenters. The highest BCUT2D eigenvalue weighted by Crippen LogP contribution is 2.31. The normalized spacial score (nSPS) is 14.2. The number of hydrogen-bond acceptors (Lipinski definition) is 5. The maximum absolute atomic E-state index is 14.2. The summed E-state index contributed by atoms with van der Waals surface area (Å²) >= 11 is 5.86. The Hall–Kier alpha value is -3.42. The van der Waals surface area contributed by atoms with E-state index < -0.39 is 11.8 Å². The molecule has 0 radical (unpaired) electrons. The Morgan fingerprint density at radius 2 is 1.89 bits per heavy atom. The Morgan fingerprint density at radius 1 is 1.15 bits per heavy atom. The van der Waals surface area contributed by atoms with Crippen LogP contribution in [0.3, 0.4) is 0 Å². The number of likely N-dealkylation sites (tertiary alicyclic amines) is 1. The van der Waals surface area contributed by atoms with E-state index in [9.17, 15) is 14.3 Å². The van der Waals surface area contributed by atoms with E-state index in [4.69, 9.17) is 21.3 Å². The summed E-state index contributed by atoms with van der Waals surface area (Å²) in [5, 5.41) is 10.0. The summed E-state index contributed by atoms with van der Waals surface area (Å²) in [6.07, 6.45) is 6.46. The Balaban J connectivity index is 0.00000282. The summed E-state index contributed by atoms with van der Waals surface area (Å²) in [7, 11) is 0. The topological polar surface area (TPSA) is 65.9 Å². The van der Waals surface area contributed by atoms with E-state index in [0.717, 1.165) is 80.9 Å². The van der Waals surface area contributed by atoms with Crippen LogP contribution in [0.15, 0.2) is 66.9 Å². The summed E-state index contributed by atoms with van der Waals surface area (Å²) in [6.45, 7) is 18.5. The van der Waals surface area contributed by atoms with Gasteiger partial charge in [-0.3, -0.25) is 4.90 Å². The van der Waals surface area contributed by atoms with Crippen LogP contribution in [0.1, 0.15) is 99.3 Å². The Bertz CT molecular complexity index is 1420. The van der Waals surface area contributed by atoms with Crippen molar-refractivity contribution in [1.82, 2.24) is 9.88 Å². The molecule has 1 aliphatic heterocycles. The van der Waals surface area contributed by atoms with Crippen molar-refractivity contribution in [2.45, 2.75) is 85.7 Å². The quantitative estimate of drug-likeness (QED) is 0.176. The number of carboxylic acids is 1. The van der Waals surface area contributed by atoms with E-state index in [1.807, 2.05) is 39.0 Å². The summed E-state index contributed by atoms with van der Waals surface area (Å²) in [5.74, 6) is -0.0217. The molecule has 1 unspecified atom stereocenters. The van der Waals surface area contributed by atoms with Crippen LogP contribution in [0.2, 0.25) is 5.02 Å². The van der Waals surface area contributed by atoms with Gasteiger partial charge in [0.2, 0.25) is 5.88 Å². The minimum atomic E-state index is -0.919. The number of piperidine rings is 1. The van der Waals surface area contributed by atoms with Crippen molar-refractivity contribution >= 4 is 23.3 Å². The van der Waals surface area contributed by atoms with Crippen molar-refractivity contribution in [2.75, 3.05) is 31.1 Å². The minimum absolute atomic E-state index is 0.0860. The summed E-state index contributed by atoms with van der Waals surface area (Å²) in [6, 6.07) is 15.7. The standard InChI is InChI=1S/C36H45ClFN3O3.C2H6/c1-5-7-9-27(6-2)23-41(34-20-29(36(42)43)13-12-25(34)3)26(4)22-40-18-16-28(17-19-40)33-10-8-11-35(39-33)44-24-30-14-15-31(37)21-32(30)38;1-2/h8,10-15,20-21,27-28H,4-7,9,16-19,22-24H2,1-3H3,(H,42,43);1-2H3. The molecule has 2 heterocycles. The fourth-order valence-corrected chi connectivity index (χ4v) is 6.02. The number of carbonyl (C=O) groups is 1. The van der Waals surface area contributed by atoms with Gasteiger partial charge in [-0.25, -0.2) is 14.2 Å². The van der Waals surface area contributed by atoms with Gasteiger partial charge < -0.3 is 14.7 Å². The first-order valence-electron chi connectivity index (χ1n) is 16.7. The predicted octanol–water partition coefficient (Wildman–Crippen LogP) is 9.90. The zero-order valence-corrected chi connectivity index (χ0v) is 29.0. The van der Waals surface area contributed by atoms with E-state index in [1.165, 1.54) is 12.5 Å². The lowest BCUT2D eigenvalue weighted by Gasteiger charge is -2.37. The highest BCUT2D eigenvalue weighted by Gasteiger charge is 2.25. The number of aromatic nitrogens is 1. The van der Waals surface area contributed by atoms with Gasteiger partial charge in [0.15, 0.2) is 0 Å². The van der Waals surface area contributed by atoms with Crippen LogP contribution in [-0.2, 0) is 6.61 Å². The number of anilines is 1. The molecule has 3 aromatic rings. The number of benzene rings is 2. The van der Waals surface area contributed by atoms with Gasteiger partial charge in [0.05, 0.1) is 5.56 Å². The van der Waals surface area contributed by atoms with Gasteiger partial charge in [-0.1, -0.05) is 83.3 Å². The van der Waals surface area contributed by atoms with E-state index >= 15 is 0 Å². The van der Waals surface area contributed by atoms with Crippen molar-refractivity contribution in [3.05, 3.63) is 100 Å². The molecule has 0 bridgehead atoms. The number of rotatable bonds is 15. The first-order valence-corrected chi connectivity index (χ1v) is 17.1. The highest BCUT2D eigenvalue weighted by molar-refractivity contribution is 6.30. The molecule has 250 valence electrons. The number of hydrogen-bond donors (Lipinski definition) is 1. The number of unbranched alkanes of at least 4 members (excludes halogenated alkanes) is 1. The van der Waals surface area contributed by atoms with Crippen molar-refractivity contribution in [3.8, 4) is 5.88 Å². The molecule has 0 amide bonds. The number of pyridine rings is 1. The van der Waals surface area contributed by atoms with Gasteiger partial charge in [-0.15, -0.1) is 0 Å². The first-order chi connectivity index (χ1) is 22.2. The SMILES string of the molecule is C=C(CN1CCC(c2cccc(OCc3ccc(Cl)cc3F)n2)CC1)N(CC(CC)CCCC)c1cc(C(=O)O)ccc1C.CC. The van der Waals surface area contributed by atoms with Crippen LogP contribution in [0.5, 0.6) is 5.88 Å².